The molecular weight excluding hydrogens is 839 g/mol. The van der Waals surface area contributed by atoms with Gasteiger partial charge in [-0.3, -0.25) is 19.2 Å². The molecule has 0 aliphatic heterocycles. The molecule has 3 atom stereocenters. The lowest BCUT2D eigenvalue weighted by molar-refractivity contribution is -0.142. The van der Waals surface area contributed by atoms with Crippen LogP contribution in [0.2, 0.25) is 0 Å². The Morgan fingerprint density at radius 2 is 1.47 bits per heavy atom. The highest BCUT2D eigenvalue weighted by molar-refractivity contribution is 5.87. The predicted molar refractivity (Wildman–Crippen MR) is 233 cm³/mol. The number of carboxylic acid groups (broad SMARTS) is 1. The maximum Gasteiger partial charge on any atom is 0.328 e. The van der Waals surface area contributed by atoms with E-state index in [0.29, 0.717) is 63.8 Å². The Morgan fingerprint density at radius 3 is 2.06 bits per heavy atom. The van der Waals surface area contributed by atoms with E-state index >= 15 is 4.39 Å². The van der Waals surface area contributed by atoms with Gasteiger partial charge in [-0.1, -0.05) is 58.0 Å². The highest BCUT2D eigenvalue weighted by Crippen LogP contribution is 2.41. The summed E-state index contributed by atoms with van der Waals surface area (Å²) in [6, 6.07) is 10.6. The number of nitrogens with two attached hydrogens (primary N) is 1. The number of aliphatic hydroxyl groups excluding tert-OH is 1. The molecular formula is C45H64F2N6O11. The van der Waals surface area contributed by atoms with E-state index in [-0.39, 0.29) is 50.7 Å². The zero-order valence-corrected chi connectivity index (χ0v) is 37.1. The third-order valence-corrected chi connectivity index (χ3v) is 9.85. The molecule has 0 bridgehead atoms. The van der Waals surface area contributed by atoms with Crippen molar-refractivity contribution in [3.8, 4) is 11.1 Å². The first-order valence-corrected chi connectivity index (χ1v) is 21.3. The Morgan fingerprint density at radius 1 is 0.844 bits per heavy atom. The van der Waals surface area contributed by atoms with E-state index in [1.54, 1.807) is 19.2 Å². The summed E-state index contributed by atoms with van der Waals surface area (Å²) in [4.78, 5) is 63.8. The largest absolute Gasteiger partial charge is 0.480 e. The van der Waals surface area contributed by atoms with Crippen molar-refractivity contribution < 1.29 is 61.9 Å². The number of carboxylic acids is 1. The second-order valence-electron chi connectivity index (χ2n) is 15.9. The Labute approximate surface area is 372 Å². The number of aromatic nitrogens is 1. The van der Waals surface area contributed by atoms with Crippen molar-refractivity contribution in [1.82, 2.24) is 25.4 Å². The molecule has 0 saturated carbocycles. The number of ether oxygens (including phenoxy) is 4. The summed E-state index contributed by atoms with van der Waals surface area (Å²) in [5.41, 5.74) is 7.34. The first kappa shape index (κ1) is 53.0. The Bertz CT molecular complexity index is 1930. The normalized spacial score (nSPS) is 12.9. The van der Waals surface area contributed by atoms with Crippen LogP contribution in [0.15, 0.2) is 60.8 Å². The number of benzene rings is 2. The van der Waals surface area contributed by atoms with Crippen molar-refractivity contribution >= 4 is 29.6 Å². The number of aliphatic carboxylic acids is 1. The number of halogens is 2. The van der Waals surface area contributed by atoms with Gasteiger partial charge in [-0.05, 0) is 41.7 Å². The number of carbonyl (C=O) groups excluding carboxylic acids is 4. The summed E-state index contributed by atoms with van der Waals surface area (Å²) in [6.07, 6.45) is 1.86. The lowest BCUT2D eigenvalue weighted by atomic mass is 9.82. The maximum atomic E-state index is 15.1. The quantitative estimate of drug-likeness (QED) is 0.0531. The average Bonchev–Trinajstić information content (AvgIpc) is 3.66. The maximum absolute atomic E-state index is 15.1. The van der Waals surface area contributed by atoms with Gasteiger partial charge in [-0.2, -0.15) is 0 Å². The van der Waals surface area contributed by atoms with Gasteiger partial charge >= 0.3 is 5.97 Å². The van der Waals surface area contributed by atoms with Crippen LogP contribution in [0.5, 0.6) is 0 Å². The monoisotopic (exact) mass is 902 g/mol. The molecule has 17 nitrogen and oxygen atoms in total. The number of nitrogens with one attached hydrogen (secondary N) is 3. The first-order valence-electron chi connectivity index (χ1n) is 21.3. The van der Waals surface area contributed by atoms with E-state index in [0.717, 1.165) is 23.8 Å². The molecule has 3 aromatic rings. The van der Waals surface area contributed by atoms with Crippen molar-refractivity contribution in [2.24, 2.45) is 11.1 Å². The van der Waals surface area contributed by atoms with Gasteiger partial charge in [0.15, 0.2) is 0 Å². The number of amides is 4. The number of nitrogens with zero attached hydrogens (tertiary/aromatic N) is 2. The molecule has 7 N–H and O–H groups in total. The molecule has 0 fully saturated rings. The number of carbonyl (C=O) groups is 5. The van der Waals surface area contributed by atoms with E-state index in [1.165, 1.54) is 4.90 Å². The Balaban J connectivity index is 1.52. The van der Waals surface area contributed by atoms with Crippen LogP contribution < -0.4 is 21.7 Å². The molecule has 19 heteroatoms. The van der Waals surface area contributed by atoms with Gasteiger partial charge in [0, 0.05) is 62.0 Å². The molecule has 2 aromatic carbocycles. The molecule has 354 valence electrons. The molecule has 0 aliphatic rings. The van der Waals surface area contributed by atoms with Crippen LogP contribution in [0.1, 0.15) is 64.3 Å². The minimum absolute atomic E-state index is 0.0172. The predicted octanol–water partition coefficient (Wildman–Crippen LogP) is 2.78. The lowest BCUT2D eigenvalue weighted by Crippen LogP contribution is -2.53. The minimum Gasteiger partial charge on any atom is -0.480 e. The number of rotatable bonds is 30. The summed E-state index contributed by atoms with van der Waals surface area (Å²) in [5, 5.41) is 27.5. The summed E-state index contributed by atoms with van der Waals surface area (Å²) < 4.78 is 52.9. The van der Waals surface area contributed by atoms with E-state index in [1.807, 2.05) is 55.7 Å². The second kappa shape index (κ2) is 27.8. The van der Waals surface area contributed by atoms with Crippen molar-refractivity contribution in [2.75, 3.05) is 79.1 Å². The van der Waals surface area contributed by atoms with Crippen LogP contribution in [0.4, 0.5) is 8.78 Å². The van der Waals surface area contributed by atoms with Gasteiger partial charge in [0.05, 0.1) is 64.9 Å². The molecule has 0 spiro atoms. The SMILES string of the molecule is CCC(=O)NCCOCCOCCOCCOCCC(=O)NC[C@@H](NC(=O)[C@@H](N)CCN(C(=O)CO)[C@@H](c1cc(-c2cc(F)ccc2F)cn1Cc1ccccc1)C(C)(C)C)C(=O)O. The van der Waals surface area contributed by atoms with Crippen LogP contribution in [0.3, 0.4) is 0 Å². The van der Waals surface area contributed by atoms with Crippen molar-refractivity contribution in [3.05, 3.63) is 83.7 Å². The topological polar surface area (TPSA) is 233 Å². The first-order chi connectivity index (χ1) is 30.5. The fourth-order valence-corrected chi connectivity index (χ4v) is 6.61. The second-order valence-corrected chi connectivity index (χ2v) is 15.9. The Kier molecular flexibility index (Phi) is 23.0. The van der Waals surface area contributed by atoms with Gasteiger partial charge in [0.25, 0.3) is 0 Å². The van der Waals surface area contributed by atoms with Gasteiger partial charge in [0.1, 0.15) is 24.3 Å². The third-order valence-electron chi connectivity index (χ3n) is 9.85. The van der Waals surface area contributed by atoms with Gasteiger partial charge in [-0.15, -0.1) is 0 Å². The highest BCUT2D eigenvalue weighted by Gasteiger charge is 2.37. The van der Waals surface area contributed by atoms with Crippen LogP contribution in [0.25, 0.3) is 11.1 Å². The molecule has 1 heterocycles. The lowest BCUT2D eigenvalue weighted by Gasteiger charge is -2.41. The third kappa shape index (κ3) is 18.4. The molecule has 0 aliphatic carbocycles. The van der Waals surface area contributed by atoms with Crippen LogP contribution in [-0.2, 0) is 49.5 Å². The number of hydrogen-bond donors (Lipinski definition) is 6. The molecule has 0 radical (unpaired) electrons. The van der Waals surface area contributed by atoms with E-state index in [2.05, 4.69) is 16.0 Å². The highest BCUT2D eigenvalue weighted by atomic mass is 19.1. The zero-order chi connectivity index (χ0) is 47.1. The fourth-order valence-electron chi connectivity index (χ4n) is 6.61. The molecule has 64 heavy (non-hydrogen) atoms. The van der Waals surface area contributed by atoms with Crippen molar-refractivity contribution in [2.45, 2.75) is 71.6 Å². The van der Waals surface area contributed by atoms with Crippen LogP contribution in [0, 0.1) is 17.0 Å². The number of hydrogen-bond acceptors (Lipinski definition) is 11. The summed E-state index contributed by atoms with van der Waals surface area (Å²) in [7, 11) is 0. The van der Waals surface area contributed by atoms with Crippen molar-refractivity contribution in [1.29, 1.82) is 0 Å². The van der Waals surface area contributed by atoms with E-state index < -0.39 is 72.0 Å². The summed E-state index contributed by atoms with van der Waals surface area (Å²) >= 11 is 0. The van der Waals surface area contributed by atoms with Gasteiger partial charge in [0.2, 0.25) is 23.6 Å². The van der Waals surface area contributed by atoms with Crippen LogP contribution in [-0.4, -0.2) is 140 Å². The van der Waals surface area contributed by atoms with Gasteiger partial charge < -0.3 is 60.3 Å². The molecule has 4 amide bonds. The number of aliphatic hydroxyl groups is 1. The minimum atomic E-state index is -1.53. The molecule has 3 rings (SSSR count). The average molecular weight is 903 g/mol. The van der Waals surface area contributed by atoms with Crippen LogP contribution >= 0.6 is 0 Å². The van der Waals surface area contributed by atoms with E-state index in [4.69, 9.17) is 24.7 Å². The zero-order valence-electron chi connectivity index (χ0n) is 37.1. The fraction of sp³-hybridized carbons (Fsp3) is 0.533. The van der Waals surface area contributed by atoms with Gasteiger partial charge in [-0.25, -0.2) is 13.6 Å². The molecule has 0 saturated heterocycles. The molecule has 1 aromatic heterocycles. The summed E-state index contributed by atoms with van der Waals surface area (Å²) in [6.45, 7) is 9.00. The smallest absolute Gasteiger partial charge is 0.328 e. The molecule has 0 unspecified atom stereocenters. The standard InChI is InChI=1S/C45H64F2N6O11/c1-5-39(55)49-15-18-62-20-22-64-24-23-63-21-19-61-17-14-40(56)50-27-37(44(59)60)51-43(58)36(48)13-16-53(41(57)30-54)42(45(2,3)4)38-25-32(34-26-33(46)11-12-35(34)47)29-52(38)28-31-9-7-6-8-10-31/h6-12,25-26,29,36-37,42,54H,5,13-24,27-28,30,48H2,1-4H3,(H,49,55)(H,50,56)(H,51,58)(H,59,60)/t36-,37+,42-/m0/s1. The summed E-state index contributed by atoms with van der Waals surface area (Å²) in [5.74, 6) is -4.77. The van der Waals surface area contributed by atoms with E-state index in [9.17, 15) is 38.6 Å². The van der Waals surface area contributed by atoms with Crippen molar-refractivity contribution in [3.63, 3.8) is 0 Å². The Hall–Kier alpha value is -5.31.